The van der Waals surface area contributed by atoms with Gasteiger partial charge >= 0.3 is 6.03 Å². The Morgan fingerprint density at radius 2 is 2.38 bits per heavy atom. The third-order valence-electron chi connectivity index (χ3n) is 2.88. The lowest BCUT2D eigenvalue weighted by molar-refractivity contribution is 0.217. The first-order valence-electron chi connectivity index (χ1n) is 4.97. The van der Waals surface area contributed by atoms with Gasteiger partial charge in [0.1, 0.15) is 0 Å². The molecule has 1 heterocycles. The van der Waals surface area contributed by atoms with Crippen LogP contribution in [0.15, 0.2) is 0 Å². The molecule has 1 saturated heterocycles. The zero-order valence-electron chi connectivity index (χ0n) is 8.10. The standard InChI is InChI=1S/C9H17N3O/c1-9(2-3-9)11-5-7-12-6-4-10-8(12)13/h11H,2-7H2,1H3,(H,10,13). The van der Waals surface area contributed by atoms with Crippen LogP contribution in [-0.4, -0.2) is 42.6 Å². The maximum absolute atomic E-state index is 11.1. The van der Waals surface area contributed by atoms with E-state index in [1.807, 2.05) is 4.90 Å². The highest BCUT2D eigenvalue weighted by Gasteiger charge is 2.36. The SMILES string of the molecule is CC1(NCCN2CCNC2=O)CC1. The first kappa shape index (κ1) is 8.81. The molecule has 0 spiro atoms. The highest BCUT2D eigenvalue weighted by atomic mass is 16.2. The van der Waals surface area contributed by atoms with E-state index in [-0.39, 0.29) is 6.03 Å². The number of rotatable bonds is 4. The van der Waals surface area contributed by atoms with E-state index >= 15 is 0 Å². The lowest BCUT2D eigenvalue weighted by Crippen LogP contribution is -2.38. The fourth-order valence-corrected chi connectivity index (χ4v) is 1.58. The summed E-state index contributed by atoms with van der Waals surface area (Å²) in [6.45, 7) is 5.65. The molecule has 4 nitrogen and oxygen atoms in total. The Kier molecular flexibility index (Phi) is 2.15. The minimum atomic E-state index is 0.0859. The highest BCUT2D eigenvalue weighted by molar-refractivity contribution is 5.76. The molecule has 0 aromatic carbocycles. The summed E-state index contributed by atoms with van der Waals surface area (Å²) in [6, 6.07) is 0.0859. The maximum atomic E-state index is 11.1. The third-order valence-corrected chi connectivity index (χ3v) is 2.88. The molecule has 0 aromatic heterocycles. The molecule has 2 amide bonds. The van der Waals surface area contributed by atoms with Gasteiger partial charge in [-0.25, -0.2) is 4.79 Å². The second kappa shape index (κ2) is 3.18. The van der Waals surface area contributed by atoms with Gasteiger partial charge in [0, 0.05) is 31.7 Å². The van der Waals surface area contributed by atoms with E-state index in [4.69, 9.17) is 0 Å². The van der Waals surface area contributed by atoms with E-state index in [9.17, 15) is 4.79 Å². The van der Waals surface area contributed by atoms with Crippen molar-refractivity contribution < 1.29 is 4.79 Å². The monoisotopic (exact) mass is 183 g/mol. The van der Waals surface area contributed by atoms with Gasteiger partial charge in [0.2, 0.25) is 0 Å². The van der Waals surface area contributed by atoms with Gasteiger partial charge in [0.15, 0.2) is 0 Å². The van der Waals surface area contributed by atoms with Crippen molar-refractivity contribution in [3.63, 3.8) is 0 Å². The predicted molar refractivity (Wildman–Crippen MR) is 50.6 cm³/mol. The van der Waals surface area contributed by atoms with Gasteiger partial charge in [-0.2, -0.15) is 0 Å². The molecule has 1 aliphatic carbocycles. The van der Waals surface area contributed by atoms with E-state index in [1.165, 1.54) is 12.8 Å². The van der Waals surface area contributed by atoms with Gasteiger partial charge in [-0.15, -0.1) is 0 Å². The molecule has 2 aliphatic rings. The molecule has 74 valence electrons. The maximum Gasteiger partial charge on any atom is 0.317 e. The van der Waals surface area contributed by atoms with Gasteiger partial charge in [-0.3, -0.25) is 0 Å². The molecule has 0 unspecified atom stereocenters. The second-order valence-electron chi connectivity index (χ2n) is 4.21. The van der Waals surface area contributed by atoms with Gasteiger partial charge in [-0.1, -0.05) is 0 Å². The Labute approximate surface area is 78.7 Å². The molecular formula is C9H17N3O. The second-order valence-corrected chi connectivity index (χ2v) is 4.21. The molecule has 4 heteroatoms. The first-order valence-corrected chi connectivity index (χ1v) is 4.97. The van der Waals surface area contributed by atoms with Crippen LogP contribution < -0.4 is 10.6 Å². The minimum absolute atomic E-state index is 0.0859. The molecule has 13 heavy (non-hydrogen) atoms. The fourth-order valence-electron chi connectivity index (χ4n) is 1.58. The van der Waals surface area contributed by atoms with Crippen molar-refractivity contribution in [1.29, 1.82) is 0 Å². The quantitative estimate of drug-likeness (QED) is 0.652. The van der Waals surface area contributed by atoms with Crippen LogP contribution in [0, 0.1) is 0 Å². The topological polar surface area (TPSA) is 44.4 Å². The smallest absolute Gasteiger partial charge is 0.317 e. The zero-order valence-corrected chi connectivity index (χ0v) is 8.10. The van der Waals surface area contributed by atoms with Crippen LogP contribution >= 0.6 is 0 Å². The summed E-state index contributed by atoms with van der Waals surface area (Å²) in [4.78, 5) is 13.0. The van der Waals surface area contributed by atoms with Crippen LogP contribution in [0.3, 0.4) is 0 Å². The Balaban J connectivity index is 1.64. The normalized spacial score (nSPS) is 24.7. The van der Waals surface area contributed by atoms with Gasteiger partial charge in [-0.05, 0) is 19.8 Å². The van der Waals surface area contributed by atoms with Crippen LogP contribution in [0.25, 0.3) is 0 Å². The third kappa shape index (κ3) is 2.12. The number of urea groups is 1. The van der Waals surface area contributed by atoms with E-state index < -0.39 is 0 Å². The molecule has 2 rings (SSSR count). The Hall–Kier alpha value is -0.770. The molecule has 0 aromatic rings. The number of nitrogens with zero attached hydrogens (tertiary/aromatic N) is 1. The molecule has 1 aliphatic heterocycles. The molecule has 2 N–H and O–H groups in total. The zero-order chi connectivity index (χ0) is 9.31. The van der Waals surface area contributed by atoms with Gasteiger partial charge in [0.25, 0.3) is 0 Å². The fraction of sp³-hybridized carbons (Fsp3) is 0.889. The average molecular weight is 183 g/mol. The van der Waals surface area contributed by atoms with Crippen LogP contribution in [0.5, 0.6) is 0 Å². The average Bonchev–Trinajstić information content (AvgIpc) is 2.68. The van der Waals surface area contributed by atoms with Crippen molar-refractivity contribution >= 4 is 6.03 Å². The van der Waals surface area contributed by atoms with E-state index in [0.29, 0.717) is 5.54 Å². The Bertz CT molecular complexity index is 213. The minimum Gasteiger partial charge on any atom is -0.336 e. The van der Waals surface area contributed by atoms with Crippen LogP contribution in [0.1, 0.15) is 19.8 Å². The van der Waals surface area contributed by atoms with Crippen molar-refractivity contribution in [3.8, 4) is 0 Å². The Morgan fingerprint density at radius 1 is 1.62 bits per heavy atom. The van der Waals surface area contributed by atoms with Crippen molar-refractivity contribution in [3.05, 3.63) is 0 Å². The molecule has 2 fully saturated rings. The van der Waals surface area contributed by atoms with Crippen molar-refractivity contribution in [1.82, 2.24) is 15.5 Å². The summed E-state index contributed by atoms with van der Waals surface area (Å²) in [5.41, 5.74) is 0.385. The summed E-state index contributed by atoms with van der Waals surface area (Å²) in [6.07, 6.45) is 2.55. The number of carbonyl (C=O) groups is 1. The summed E-state index contributed by atoms with van der Waals surface area (Å²) in [5.74, 6) is 0. The lowest BCUT2D eigenvalue weighted by Gasteiger charge is -2.16. The summed E-state index contributed by atoms with van der Waals surface area (Å²) in [5, 5.41) is 6.25. The predicted octanol–water partition coefficient (Wildman–Crippen LogP) is 0.154. The van der Waals surface area contributed by atoms with Crippen molar-refractivity contribution in [2.45, 2.75) is 25.3 Å². The summed E-state index contributed by atoms with van der Waals surface area (Å²) < 4.78 is 0. The number of nitrogens with one attached hydrogen (secondary N) is 2. The van der Waals surface area contributed by atoms with Gasteiger partial charge in [0.05, 0.1) is 0 Å². The van der Waals surface area contributed by atoms with Crippen LogP contribution in [-0.2, 0) is 0 Å². The number of hydrogen-bond donors (Lipinski definition) is 2. The van der Waals surface area contributed by atoms with E-state index in [1.54, 1.807) is 0 Å². The highest BCUT2D eigenvalue weighted by Crippen LogP contribution is 2.33. The number of amides is 2. The molecular weight excluding hydrogens is 166 g/mol. The summed E-state index contributed by atoms with van der Waals surface area (Å²) in [7, 11) is 0. The van der Waals surface area contributed by atoms with Crippen LogP contribution in [0.2, 0.25) is 0 Å². The van der Waals surface area contributed by atoms with Crippen molar-refractivity contribution in [2.75, 3.05) is 26.2 Å². The Morgan fingerprint density at radius 3 is 2.92 bits per heavy atom. The molecule has 0 bridgehead atoms. The van der Waals surface area contributed by atoms with Gasteiger partial charge < -0.3 is 15.5 Å². The molecule has 0 atom stereocenters. The van der Waals surface area contributed by atoms with E-state index in [2.05, 4.69) is 17.6 Å². The van der Waals surface area contributed by atoms with E-state index in [0.717, 1.165) is 26.2 Å². The number of hydrogen-bond acceptors (Lipinski definition) is 2. The summed E-state index contributed by atoms with van der Waals surface area (Å²) >= 11 is 0. The number of carbonyl (C=O) groups excluding carboxylic acids is 1. The molecule has 0 radical (unpaired) electrons. The largest absolute Gasteiger partial charge is 0.336 e. The first-order chi connectivity index (χ1) is 6.20. The lowest BCUT2D eigenvalue weighted by atomic mass is 10.3. The van der Waals surface area contributed by atoms with Crippen LogP contribution in [0.4, 0.5) is 4.79 Å². The van der Waals surface area contributed by atoms with Crippen molar-refractivity contribution in [2.24, 2.45) is 0 Å². The molecule has 1 saturated carbocycles.